The fraction of sp³-hybridized carbons (Fsp3) is 0.0909. The van der Waals surface area contributed by atoms with Gasteiger partial charge >= 0.3 is 12.0 Å². The van der Waals surface area contributed by atoms with Crippen LogP contribution in [-0.4, -0.2) is 27.3 Å². The molecule has 1 aromatic heterocycles. The maximum Gasteiger partial charge on any atom is 0.330 e. The lowest BCUT2D eigenvalue weighted by molar-refractivity contribution is -0.139. The number of aromatic nitrogens is 2. The van der Waals surface area contributed by atoms with Gasteiger partial charge in [-0.15, -0.1) is 5.10 Å². The molecule has 0 aliphatic carbocycles. The molecular weight excluding hydrogens is 300 g/mol. The molecule has 2 aromatic rings. The van der Waals surface area contributed by atoms with Crippen LogP contribution in [0.2, 0.25) is 0 Å². The Balaban J connectivity index is 2.07. The number of benzene rings is 1. The molecule has 0 saturated heterocycles. The molecule has 1 atom stereocenters. The molecule has 0 saturated carbocycles. The molecule has 0 aliphatic heterocycles. The van der Waals surface area contributed by atoms with E-state index in [0.29, 0.717) is 9.52 Å². The summed E-state index contributed by atoms with van der Waals surface area (Å²) in [7, 11) is 0. The van der Waals surface area contributed by atoms with Gasteiger partial charge in [0.2, 0.25) is 5.13 Å². The van der Waals surface area contributed by atoms with Gasteiger partial charge in [-0.3, -0.25) is 10.4 Å². The molecular formula is C11H10N4O3S2. The molecule has 104 valence electrons. The van der Waals surface area contributed by atoms with E-state index in [1.165, 1.54) is 0 Å². The summed E-state index contributed by atoms with van der Waals surface area (Å²) in [6, 6.07) is 6.60. The predicted octanol–water partition coefficient (Wildman–Crippen LogP) is 2.15. The highest BCUT2D eigenvalue weighted by Gasteiger charge is 2.22. The number of nitrogens with one attached hydrogen (secondary N) is 3. The summed E-state index contributed by atoms with van der Waals surface area (Å²) in [5.41, 5.74) is 0.477. The monoisotopic (exact) mass is 310 g/mol. The van der Waals surface area contributed by atoms with Gasteiger partial charge in [0.15, 0.2) is 10.00 Å². The molecule has 7 nitrogen and oxygen atoms in total. The fourth-order valence-electron chi connectivity index (χ4n) is 1.48. The molecule has 1 aromatic carbocycles. The van der Waals surface area contributed by atoms with Crippen molar-refractivity contribution < 1.29 is 14.7 Å². The molecule has 4 N–H and O–H groups in total. The number of aliphatic carboxylic acids is 1. The van der Waals surface area contributed by atoms with Crippen LogP contribution in [0, 0.1) is 3.95 Å². The summed E-state index contributed by atoms with van der Waals surface area (Å²) in [6.07, 6.45) is 0. The van der Waals surface area contributed by atoms with Crippen molar-refractivity contribution in [1.29, 1.82) is 0 Å². The molecule has 0 spiro atoms. The summed E-state index contributed by atoms with van der Waals surface area (Å²) >= 11 is 5.90. The van der Waals surface area contributed by atoms with Crippen molar-refractivity contribution in [2.45, 2.75) is 6.04 Å². The quantitative estimate of drug-likeness (QED) is 0.647. The van der Waals surface area contributed by atoms with Crippen LogP contribution in [0.1, 0.15) is 11.6 Å². The van der Waals surface area contributed by atoms with E-state index in [1.807, 2.05) is 0 Å². The Morgan fingerprint density at radius 3 is 2.60 bits per heavy atom. The summed E-state index contributed by atoms with van der Waals surface area (Å²) in [4.78, 5) is 23.0. The maximum absolute atomic E-state index is 11.7. The van der Waals surface area contributed by atoms with Crippen LogP contribution in [0.3, 0.4) is 0 Å². The first kappa shape index (κ1) is 14.2. The van der Waals surface area contributed by atoms with Crippen molar-refractivity contribution in [3.63, 3.8) is 0 Å². The number of hydrogen-bond acceptors (Lipinski definition) is 5. The van der Waals surface area contributed by atoms with Crippen molar-refractivity contribution in [3.8, 4) is 0 Å². The number of carbonyl (C=O) groups excluding carboxylic acids is 1. The summed E-state index contributed by atoms with van der Waals surface area (Å²) in [5.74, 6) is -1.15. The van der Waals surface area contributed by atoms with E-state index in [4.69, 9.17) is 17.3 Å². The van der Waals surface area contributed by atoms with Crippen LogP contribution in [-0.2, 0) is 4.79 Å². The van der Waals surface area contributed by atoms with Gasteiger partial charge in [0.25, 0.3) is 0 Å². The van der Waals surface area contributed by atoms with Gasteiger partial charge in [-0.05, 0) is 17.8 Å². The zero-order valence-corrected chi connectivity index (χ0v) is 11.6. The second kappa shape index (κ2) is 6.26. The normalized spacial score (nSPS) is 11.6. The molecule has 1 heterocycles. The SMILES string of the molecule is O=C(Nc1n[nH]c(=S)s1)N[C@H](C(=O)O)c1ccccc1. The van der Waals surface area contributed by atoms with Gasteiger partial charge in [0, 0.05) is 0 Å². The first-order valence-corrected chi connectivity index (χ1v) is 6.69. The Hall–Kier alpha value is -2.26. The summed E-state index contributed by atoms with van der Waals surface area (Å²) < 4.78 is 0.415. The molecule has 0 fully saturated rings. The van der Waals surface area contributed by atoms with E-state index < -0.39 is 18.0 Å². The van der Waals surface area contributed by atoms with Crippen molar-refractivity contribution in [2.75, 3.05) is 5.32 Å². The van der Waals surface area contributed by atoms with Crippen molar-refractivity contribution >= 4 is 40.7 Å². The highest BCUT2D eigenvalue weighted by molar-refractivity contribution is 7.73. The number of anilines is 1. The zero-order chi connectivity index (χ0) is 14.5. The molecule has 20 heavy (non-hydrogen) atoms. The number of aromatic amines is 1. The van der Waals surface area contributed by atoms with E-state index in [2.05, 4.69) is 20.8 Å². The van der Waals surface area contributed by atoms with Gasteiger partial charge in [-0.1, -0.05) is 41.7 Å². The lowest BCUT2D eigenvalue weighted by Crippen LogP contribution is -2.36. The second-order valence-corrected chi connectivity index (χ2v) is 5.36. The van der Waals surface area contributed by atoms with Crippen LogP contribution in [0.25, 0.3) is 0 Å². The van der Waals surface area contributed by atoms with Gasteiger partial charge < -0.3 is 10.4 Å². The van der Waals surface area contributed by atoms with Crippen molar-refractivity contribution in [3.05, 3.63) is 39.8 Å². The fourth-order valence-corrected chi connectivity index (χ4v) is 2.27. The lowest BCUT2D eigenvalue weighted by atomic mass is 10.1. The lowest BCUT2D eigenvalue weighted by Gasteiger charge is -2.14. The van der Waals surface area contributed by atoms with Gasteiger partial charge in [0.1, 0.15) is 0 Å². The van der Waals surface area contributed by atoms with E-state index in [9.17, 15) is 9.59 Å². The average molecular weight is 310 g/mol. The Morgan fingerprint density at radius 2 is 2.05 bits per heavy atom. The van der Waals surface area contributed by atoms with Gasteiger partial charge in [0.05, 0.1) is 0 Å². The number of urea groups is 1. The number of nitrogens with zero attached hydrogens (tertiary/aromatic N) is 1. The van der Waals surface area contributed by atoms with Crippen molar-refractivity contribution in [1.82, 2.24) is 15.5 Å². The van der Waals surface area contributed by atoms with E-state index in [-0.39, 0.29) is 5.13 Å². The van der Waals surface area contributed by atoms with Crippen LogP contribution in [0.15, 0.2) is 30.3 Å². The summed E-state index contributed by atoms with van der Waals surface area (Å²) in [6.45, 7) is 0. The maximum atomic E-state index is 11.7. The third kappa shape index (κ3) is 3.62. The molecule has 0 aliphatic rings. The number of carboxylic acid groups (broad SMARTS) is 1. The third-order valence-corrected chi connectivity index (χ3v) is 3.32. The molecule has 0 bridgehead atoms. The van der Waals surface area contributed by atoms with Crippen LogP contribution in [0.4, 0.5) is 9.93 Å². The minimum Gasteiger partial charge on any atom is -0.479 e. The Morgan fingerprint density at radius 1 is 1.35 bits per heavy atom. The smallest absolute Gasteiger partial charge is 0.330 e. The molecule has 9 heteroatoms. The molecule has 0 radical (unpaired) electrons. The number of rotatable bonds is 4. The number of hydrogen-bond donors (Lipinski definition) is 4. The zero-order valence-electron chi connectivity index (χ0n) is 9.99. The average Bonchev–Trinajstić information content (AvgIpc) is 2.82. The van der Waals surface area contributed by atoms with E-state index >= 15 is 0 Å². The molecule has 0 unspecified atom stereocenters. The predicted molar refractivity (Wildman–Crippen MR) is 76.3 cm³/mol. The Kier molecular flexibility index (Phi) is 4.43. The highest BCUT2D eigenvalue weighted by atomic mass is 32.1. The third-order valence-electron chi connectivity index (χ3n) is 2.31. The number of amides is 2. The number of carboxylic acids is 1. The largest absolute Gasteiger partial charge is 0.479 e. The standard InChI is InChI=1S/C11H10N4O3S2/c16-8(17)7(6-4-2-1-3-5-6)12-9(18)13-10-14-15-11(19)20-10/h1-5,7H,(H,15,19)(H,16,17)(H2,12,13,14,18)/t7-/m0/s1. The van der Waals surface area contributed by atoms with E-state index in [0.717, 1.165) is 11.3 Å². The van der Waals surface area contributed by atoms with Crippen LogP contribution in [0.5, 0.6) is 0 Å². The summed E-state index contributed by atoms with van der Waals surface area (Å²) in [5, 5.41) is 20.5. The van der Waals surface area contributed by atoms with Gasteiger partial charge in [-0.25, -0.2) is 9.59 Å². The second-order valence-electron chi connectivity index (χ2n) is 3.70. The van der Waals surface area contributed by atoms with Crippen LogP contribution >= 0.6 is 23.6 Å². The Labute approximate surface area is 122 Å². The first-order chi connectivity index (χ1) is 9.56. The number of H-pyrrole nitrogens is 1. The minimum atomic E-state index is -1.15. The Bertz CT molecular complexity index is 668. The minimum absolute atomic E-state index is 0.268. The topological polar surface area (TPSA) is 107 Å². The molecule has 2 amide bonds. The van der Waals surface area contributed by atoms with Crippen LogP contribution < -0.4 is 10.6 Å². The van der Waals surface area contributed by atoms with Gasteiger partial charge in [-0.2, -0.15) is 0 Å². The highest BCUT2D eigenvalue weighted by Crippen LogP contribution is 2.14. The number of carbonyl (C=O) groups is 2. The van der Waals surface area contributed by atoms with E-state index in [1.54, 1.807) is 30.3 Å². The van der Waals surface area contributed by atoms with Crippen molar-refractivity contribution in [2.24, 2.45) is 0 Å². The molecule has 2 rings (SSSR count). The first-order valence-electron chi connectivity index (χ1n) is 5.47.